The first kappa shape index (κ1) is 15.9. The van der Waals surface area contributed by atoms with Crippen molar-refractivity contribution in [3.63, 3.8) is 0 Å². The first-order valence-corrected chi connectivity index (χ1v) is 7.48. The number of phenolic OH excluding ortho intramolecular Hbond substituents is 1. The van der Waals surface area contributed by atoms with Gasteiger partial charge in [-0.25, -0.2) is 0 Å². The van der Waals surface area contributed by atoms with Gasteiger partial charge in [-0.1, -0.05) is 36.0 Å². The van der Waals surface area contributed by atoms with Gasteiger partial charge in [0.25, 0.3) is 0 Å². The molecule has 1 fully saturated rings. The van der Waals surface area contributed by atoms with Crippen molar-refractivity contribution < 1.29 is 14.7 Å². The van der Waals surface area contributed by atoms with Crippen molar-refractivity contribution in [1.82, 2.24) is 5.32 Å². The highest BCUT2D eigenvalue weighted by atomic mass is 35.5. The fraction of sp³-hybridized carbons (Fsp3) is 0.429. The quantitative estimate of drug-likeness (QED) is 0.742. The van der Waals surface area contributed by atoms with E-state index in [1.165, 1.54) is 12.1 Å². The van der Waals surface area contributed by atoms with E-state index in [1.54, 1.807) is 0 Å². The van der Waals surface area contributed by atoms with Crippen molar-refractivity contribution in [1.29, 1.82) is 0 Å². The predicted molar refractivity (Wildman–Crippen MR) is 81.7 cm³/mol. The number of rotatable bonds is 4. The Labute approximate surface area is 132 Å². The highest BCUT2D eigenvalue weighted by molar-refractivity contribution is 6.37. The van der Waals surface area contributed by atoms with E-state index in [4.69, 9.17) is 23.2 Å². The number of anilines is 1. The van der Waals surface area contributed by atoms with Gasteiger partial charge in [0.2, 0.25) is 11.8 Å². The van der Waals surface area contributed by atoms with E-state index in [1.807, 2.05) is 0 Å². The molecule has 0 radical (unpaired) electrons. The summed E-state index contributed by atoms with van der Waals surface area (Å²) in [7, 11) is 0. The molecule has 5 nitrogen and oxygen atoms in total. The summed E-state index contributed by atoms with van der Waals surface area (Å²) in [5, 5.41) is 14.7. The van der Waals surface area contributed by atoms with Gasteiger partial charge in [-0.3, -0.25) is 9.59 Å². The normalized spacial score (nSPS) is 15.0. The Kier molecular flexibility index (Phi) is 5.31. The fourth-order valence-corrected chi connectivity index (χ4v) is 2.83. The van der Waals surface area contributed by atoms with E-state index in [-0.39, 0.29) is 40.1 Å². The van der Waals surface area contributed by atoms with E-state index in [0.717, 1.165) is 25.7 Å². The number of carbonyl (C=O) groups is 2. The summed E-state index contributed by atoms with van der Waals surface area (Å²) < 4.78 is 0. The molecule has 114 valence electrons. The topological polar surface area (TPSA) is 78.4 Å². The summed E-state index contributed by atoms with van der Waals surface area (Å²) in [5.74, 6) is -0.662. The van der Waals surface area contributed by atoms with Crippen molar-refractivity contribution in [2.24, 2.45) is 5.92 Å². The minimum absolute atomic E-state index is 0.0235. The average molecular weight is 331 g/mol. The van der Waals surface area contributed by atoms with Gasteiger partial charge in [0.15, 0.2) is 5.75 Å². The lowest BCUT2D eigenvalue weighted by atomic mass is 10.1. The van der Waals surface area contributed by atoms with Gasteiger partial charge in [0, 0.05) is 11.6 Å². The molecule has 21 heavy (non-hydrogen) atoms. The molecule has 0 unspecified atom stereocenters. The second kappa shape index (κ2) is 7.00. The van der Waals surface area contributed by atoms with Crippen LogP contribution in [0.5, 0.6) is 5.75 Å². The van der Waals surface area contributed by atoms with Gasteiger partial charge in [0.05, 0.1) is 16.6 Å². The summed E-state index contributed by atoms with van der Waals surface area (Å²) in [6, 6.07) is 2.78. The number of hydrogen-bond donors (Lipinski definition) is 3. The number of amides is 2. The van der Waals surface area contributed by atoms with Crippen molar-refractivity contribution >= 4 is 40.7 Å². The number of hydrogen-bond acceptors (Lipinski definition) is 3. The van der Waals surface area contributed by atoms with Crippen molar-refractivity contribution in [3.8, 4) is 5.75 Å². The summed E-state index contributed by atoms with van der Waals surface area (Å²) in [5.41, 5.74) is 0.364. The maximum atomic E-state index is 11.8. The molecule has 7 heteroatoms. The molecular weight excluding hydrogens is 315 g/mol. The first-order valence-electron chi connectivity index (χ1n) is 6.73. The molecule has 1 aliphatic rings. The van der Waals surface area contributed by atoms with Gasteiger partial charge in [-0.05, 0) is 25.0 Å². The van der Waals surface area contributed by atoms with Crippen LogP contribution in [0.2, 0.25) is 10.0 Å². The zero-order valence-electron chi connectivity index (χ0n) is 11.3. The third-order valence-electron chi connectivity index (χ3n) is 3.45. The zero-order chi connectivity index (χ0) is 15.4. The third-order valence-corrected chi connectivity index (χ3v) is 4.03. The van der Waals surface area contributed by atoms with Crippen LogP contribution in [0.1, 0.15) is 25.7 Å². The van der Waals surface area contributed by atoms with Crippen LogP contribution in [0.3, 0.4) is 0 Å². The molecule has 2 amide bonds. The summed E-state index contributed by atoms with van der Waals surface area (Å²) >= 11 is 11.5. The molecule has 0 spiro atoms. The van der Waals surface area contributed by atoms with E-state index in [9.17, 15) is 14.7 Å². The Morgan fingerprint density at radius 3 is 2.33 bits per heavy atom. The molecule has 1 aromatic rings. The lowest BCUT2D eigenvalue weighted by molar-refractivity contribution is -0.127. The van der Waals surface area contributed by atoms with Crippen molar-refractivity contribution in [2.75, 3.05) is 11.9 Å². The Morgan fingerprint density at radius 1 is 1.19 bits per heavy atom. The molecular formula is C14H16Cl2N2O3. The second-order valence-electron chi connectivity index (χ2n) is 5.04. The van der Waals surface area contributed by atoms with E-state index in [2.05, 4.69) is 10.6 Å². The van der Waals surface area contributed by atoms with Crippen LogP contribution >= 0.6 is 23.2 Å². The Balaban J connectivity index is 1.85. The highest BCUT2D eigenvalue weighted by Gasteiger charge is 2.22. The lowest BCUT2D eigenvalue weighted by Crippen LogP contribution is -2.36. The van der Waals surface area contributed by atoms with Crippen LogP contribution in [0.15, 0.2) is 12.1 Å². The summed E-state index contributed by atoms with van der Waals surface area (Å²) in [6.45, 7) is -0.106. The highest BCUT2D eigenvalue weighted by Crippen LogP contribution is 2.34. The first-order chi connectivity index (χ1) is 9.97. The maximum Gasteiger partial charge on any atom is 0.243 e. The summed E-state index contributed by atoms with van der Waals surface area (Å²) in [4.78, 5) is 23.6. The lowest BCUT2D eigenvalue weighted by Gasteiger charge is -2.11. The number of nitrogens with one attached hydrogen (secondary N) is 2. The number of aromatic hydroxyl groups is 1. The van der Waals surface area contributed by atoms with Crippen LogP contribution in [0.25, 0.3) is 0 Å². The van der Waals surface area contributed by atoms with E-state index in [0.29, 0.717) is 5.69 Å². The minimum Gasteiger partial charge on any atom is -0.505 e. The number of carbonyl (C=O) groups excluding carboxylic acids is 2. The van der Waals surface area contributed by atoms with Gasteiger partial charge in [-0.2, -0.15) is 0 Å². The van der Waals surface area contributed by atoms with Crippen LogP contribution < -0.4 is 10.6 Å². The molecule has 1 aliphatic carbocycles. The molecule has 0 bridgehead atoms. The molecule has 3 N–H and O–H groups in total. The van der Waals surface area contributed by atoms with Gasteiger partial charge < -0.3 is 15.7 Å². The number of halogens is 2. The van der Waals surface area contributed by atoms with Gasteiger partial charge in [0.1, 0.15) is 0 Å². The number of benzene rings is 1. The molecule has 2 rings (SSSR count). The molecule has 0 saturated heterocycles. The molecule has 1 aromatic carbocycles. The van der Waals surface area contributed by atoms with Crippen molar-refractivity contribution in [3.05, 3.63) is 22.2 Å². The fourth-order valence-electron chi connectivity index (χ4n) is 2.34. The standard InChI is InChI=1S/C14H16Cl2N2O3/c15-10-5-9(6-11(16)13(10)20)18-12(19)7-17-14(21)8-3-1-2-4-8/h5-6,8,20H,1-4,7H2,(H,17,21)(H,18,19). The molecule has 0 aliphatic heterocycles. The Hall–Kier alpha value is -1.46. The Morgan fingerprint density at radius 2 is 1.76 bits per heavy atom. The monoisotopic (exact) mass is 330 g/mol. The molecule has 0 aromatic heterocycles. The van der Waals surface area contributed by atoms with E-state index >= 15 is 0 Å². The molecule has 0 heterocycles. The SMILES string of the molecule is O=C(CNC(=O)C1CCCC1)Nc1cc(Cl)c(O)c(Cl)c1. The third kappa shape index (κ3) is 4.25. The van der Waals surface area contributed by atoms with Crippen LogP contribution in [-0.4, -0.2) is 23.5 Å². The zero-order valence-corrected chi connectivity index (χ0v) is 12.8. The van der Waals surface area contributed by atoms with Crippen LogP contribution in [-0.2, 0) is 9.59 Å². The molecule has 0 atom stereocenters. The van der Waals surface area contributed by atoms with Crippen molar-refractivity contribution in [2.45, 2.75) is 25.7 Å². The number of phenols is 1. The smallest absolute Gasteiger partial charge is 0.243 e. The minimum atomic E-state index is -0.376. The average Bonchev–Trinajstić information content (AvgIpc) is 2.96. The second-order valence-corrected chi connectivity index (χ2v) is 5.85. The maximum absolute atomic E-state index is 11.8. The predicted octanol–water partition coefficient (Wildman–Crippen LogP) is 2.94. The largest absolute Gasteiger partial charge is 0.505 e. The Bertz CT molecular complexity index is 534. The molecule has 1 saturated carbocycles. The van der Waals surface area contributed by atoms with E-state index < -0.39 is 0 Å². The van der Waals surface area contributed by atoms with Gasteiger partial charge in [-0.15, -0.1) is 0 Å². The van der Waals surface area contributed by atoms with Gasteiger partial charge >= 0.3 is 0 Å². The summed E-state index contributed by atoms with van der Waals surface area (Å²) in [6.07, 6.45) is 3.90. The van der Waals surface area contributed by atoms with Crippen LogP contribution in [0.4, 0.5) is 5.69 Å². The van der Waals surface area contributed by atoms with Crippen LogP contribution in [0, 0.1) is 5.92 Å².